The van der Waals surface area contributed by atoms with Crippen LogP contribution in [0.25, 0.3) is 10.8 Å². The highest BCUT2D eigenvalue weighted by Crippen LogP contribution is 2.45. The van der Waals surface area contributed by atoms with Gasteiger partial charge in [-0.05, 0) is 35.2 Å². The lowest BCUT2D eigenvalue weighted by molar-refractivity contribution is 0.0948. The molecule has 5 rings (SSSR count). The number of carbonyl (C=O) groups is 1. The van der Waals surface area contributed by atoms with Gasteiger partial charge in [0, 0.05) is 21.5 Å². The van der Waals surface area contributed by atoms with Crippen LogP contribution in [0.5, 0.6) is 5.75 Å². The zero-order chi connectivity index (χ0) is 22.1. The monoisotopic (exact) mass is 436 g/mol. The van der Waals surface area contributed by atoms with E-state index < -0.39 is 5.92 Å². The number of halogens is 1. The van der Waals surface area contributed by atoms with E-state index >= 15 is 0 Å². The van der Waals surface area contributed by atoms with Crippen molar-refractivity contribution in [1.29, 1.82) is 5.26 Å². The Balaban J connectivity index is 1.69. The molecule has 1 N–H and O–H groups in total. The molecule has 154 valence electrons. The van der Waals surface area contributed by atoms with E-state index in [1.54, 1.807) is 36.4 Å². The second-order valence-electron chi connectivity index (χ2n) is 7.47. The molecule has 0 radical (unpaired) electrons. The molecule has 32 heavy (non-hydrogen) atoms. The second-order valence-corrected chi connectivity index (χ2v) is 7.90. The van der Waals surface area contributed by atoms with Crippen LogP contribution in [0.4, 0.5) is 0 Å². The third kappa shape index (κ3) is 3.49. The minimum atomic E-state index is -0.406. The molecule has 0 saturated carbocycles. The number of carbonyl (C=O) groups excluding carboxylic acids is 1. The van der Waals surface area contributed by atoms with Crippen molar-refractivity contribution in [3.63, 3.8) is 0 Å². The zero-order valence-electron chi connectivity index (χ0n) is 16.9. The molecule has 1 aliphatic rings. The van der Waals surface area contributed by atoms with E-state index in [9.17, 15) is 10.1 Å². The Labute approximate surface area is 190 Å². The number of hydrogen-bond donors (Lipinski definition) is 1. The van der Waals surface area contributed by atoms with Crippen LogP contribution in [0, 0.1) is 11.3 Å². The van der Waals surface area contributed by atoms with Crippen LogP contribution >= 0.6 is 11.6 Å². The molecule has 0 aliphatic carbocycles. The van der Waals surface area contributed by atoms with Crippen molar-refractivity contribution >= 4 is 28.3 Å². The first-order valence-corrected chi connectivity index (χ1v) is 10.5. The average molecular weight is 437 g/mol. The molecule has 1 aliphatic heterocycles. The number of nitriles is 1. The van der Waals surface area contributed by atoms with Crippen LogP contribution in [0.2, 0.25) is 5.02 Å². The molecule has 0 aromatic heterocycles. The molecule has 4 nitrogen and oxygen atoms in total. The smallest absolute Gasteiger partial charge is 0.257 e. The standard InChI is InChI=1S/C27H17ClN2O2/c28-20-13-10-18(11-14-20)24-22-15-12-17-6-4-5-9-21(17)25(22)32-27(23(24)16-29)30-26(31)19-7-2-1-3-8-19/h1-15,24H,(H,30,31). The third-order valence-corrected chi connectivity index (χ3v) is 5.80. The molecular formula is C27H17ClN2O2. The van der Waals surface area contributed by atoms with Gasteiger partial charge in [0.1, 0.15) is 17.4 Å². The third-order valence-electron chi connectivity index (χ3n) is 5.55. The fraction of sp³-hybridized carbons (Fsp3) is 0.0370. The molecule has 1 atom stereocenters. The van der Waals surface area contributed by atoms with E-state index in [2.05, 4.69) is 11.4 Å². The quantitative estimate of drug-likeness (QED) is 0.417. The number of fused-ring (bicyclic) bond motifs is 3. The minimum Gasteiger partial charge on any atom is -0.439 e. The predicted octanol–water partition coefficient (Wildman–Crippen LogP) is 6.18. The van der Waals surface area contributed by atoms with E-state index in [0.29, 0.717) is 21.9 Å². The molecule has 1 amide bonds. The summed E-state index contributed by atoms with van der Waals surface area (Å²) in [5.41, 5.74) is 2.56. The lowest BCUT2D eigenvalue weighted by Gasteiger charge is -2.29. The molecule has 1 heterocycles. The first-order valence-electron chi connectivity index (χ1n) is 10.1. The number of amides is 1. The van der Waals surface area contributed by atoms with Gasteiger partial charge in [-0.25, -0.2) is 0 Å². The molecule has 0 saturated heterocycles. The van der Waals surface area contributed by atoms with Crippen LogP contribution < -0.4 is 10.1 Å². The van der Waals surface area contributed by atoms with Crippen molar-refractivity contribution in [1.82, 2.24) is 5.32 Å². The number of rotatable bonds is 3. The summed E-state index contributed by atoms with van der Waals surface area (Å²) in [5, 5.41) is 15.5. The van der Waals surface area contributed by atoms with Gasteiger partial charge in [0.2, 0.25) is 5.88 Å². The maximum Gasteiger partial charge on any atom is 0.257 e. The largest absolute Gasteiger partial charge is 0.439 e. The summed E-state index contributed by atoms with van der Waals surface area (Å²) in [6.45, 7) is 0. The van der Waals surface area contributed by atoms with E-state index in [1.807, 2.05) is 54.6 Å². The number of hydrogen-bond acceptors (Lipinski definition) is 3. The number of allylic oxidation sites excluding steroid dienone is 1. The van der Waals surface area contributed by atoms with Crippen LogP contribution in [-0.4, -0.2) is 5.91 Å². The van der Waals surface area contributed by atoms with E-state index in [1.165, 1.54) is 0 Å². The highest BCUT2D eigenvalue weighted by Gasteiger charge is 2.33. The Bertz CT molecular complexity index is 1400. The topological polar surface area (TPSA) is 62.1 Å². The van der Waals surface area contributed by atoms with Gasteiger partial charge in [0.15, 0.2) is 0 Å². The Morgan fingerprint density at radius 2 is 1.62 bits per heavy atom. The predicted molar refractivity (Wildman–Crippen MR) is 124 cm³/mol. The normalized spacial score (nSPS) is 14.9. The molecule has 4 aromatic carbocycles. The molecule has 0 bridgehead atoms. The first kappa shape index (κ1) is 19.9. The summed E-state index contributed by atoms with van der Waals surface area (Å²) in [6, 6.07) is 30.4. The first-order chi connectivity index (χ1) is 15.7. The van der Waals surface area contributed by atoms with E-state index in [0.717, 1.165) is 21.9 Å². The molecule has 0 fully saturated rings. The molecule has 0 spiro atoms. The van der Waals surface area contributed by atoms with Crippen molar-refractivity contribution in [3.05, 3.63) is 124 Å². The number of nitrogens with one attached hydrogen (secondary N) is 1. The van der Waals surface area contributed by atoms with Crippen molar-refractivity contribution < 1.29 is 9.53 Å². The van der Waals surface area contributed by atoms with Crippen molar-refractivity contribution in [3.8, 4) is 11.8 Å². The molecule has 5 heteroatoms. The average Bonchev–Trinajstić information content (AvgIpc) is 2.84. The van der Waals surface area contributed by atoms with Crippen LogP contribution in [0.3, 0.4) is 0 Å². The van der Waals surface area contributed by atoms with Crippen LogP contribution in [0.15, 0.2) is 102 Å². The summed E-state index contributed by atoms with van der Waals surface area (Å²) in [4.78, 5) is 12.9. The van der Waals surface area contributed by atoms with Gasteiger partial charge < -0.3 is 4.74 Å². The molecule has 1 unspecified atom stereocenters. The fourth-order valence-electron chi connectivity index (χ4n) is 4.02. The summed E-state index contributed by atoms with van der Waals surface area (Å²) in [7, 11) is 0. The maximum absolute atomic E-state index is 12.9. The van der Waals surface area contributed by atoms with Gasteiger partial charge in [0.05, 0.1) is 5.92 Å². The van der Waals surface area contributed by atoms with E-state index in [-0.39, 0.29) is 11.8 Å². The summed E-state index contributed by atoms with van der Waals surface area (Å²) >= 11 is 6.11. The van der Waals surface area contributed by atoms with E-state index in [4.69, 9.17) is 16.3 Å². The lowest BCUT2D eigenvalue weighted by atomic mass is 9.82. The summed E-state index contributed by atoms with van der Waals surface area (Å²) in [6.07, 6.45) is 0. The van der Waals surface area contributed by atoms with Gasteiger partial charge >= 0.3 is 0 Å². The number of benzene rings is 4. The van der Waals surface area contributed by atoms with Gasteiger partial charge in [0.25, 0.3) is 5.91 Å². The second kappa shape index (κ2) is 8.22. The van der Waals surface area contributed by atoms with Gasteiger partial charge in [-0.15, -0.1) is 0 Å². The Hall–Kier alpha value is -4.07. The Kier molecular flexibility index (Phi) is 5.10. The van der Waals surface area contributed by atoms with Crippen molar-refractivity contribution in [2.45, 2.75) is 5.92 Å². The molecular weight excluding hydrogens is 420 g/mol. The number of nitrogens with zero attached hydrogens (tertiary/aromatic N) is 1. The highest BCUT2D eigenvalue weighted by molar-refractivity contribution is 6.30. The maximum atomic E-state index is 12.9. The Morgan fingerprint density at radius 3 is 2.38 bits per heavy atom. The van der Waals surface area contributed by atoms with Crippen LogP contribution in [-0.2, 0) is 0 Å². The highest BCUT2D eigenvalue weighted by atomic mass is 35.5. The van der Waals surface area contributed by atoms with Crippen molar-refractivity contribution in [2.24, 2.45) is 0 Å². The molecule has 4 aromatic rings. The number of ether oxygens (including phenoxy) is 1. The van der Waals surface area contributed by atoms with Crippen LogP contribution in [0.1, 0.15) is 27.4 Å². The lowest BCUT2D eigenvalue weighted by Crippen LogP contribution is -2.31. The summed E-state index contributed by atoms with van der Waals surface area (Å²) < 4.78 is 6.22. The van der Waals surface area contributed by atoms with Gasteiger partial charge in [-0.2, -0.15) is 5.26 Å². The zero-order valence-corrected chi connectivity index (χ0v) is 17.6. The fourth-order valence-corrected chi connectivity index (χ4v) is 4.15. The Morgan fingerprint density at radius 1 is 0.906 bits per heavy atom. The SMILES string of the molecule is N#CC1=C(NC(=O)c2ccccc2)Oc2c(ccc3ccccc23)C1c1ccc(Cl)cc1. The summed E-state index contributed by atoms with van der Waals surface area (Å²) in [5.74, 6) is 0.0270. The van der Waals surface area contributed by atoms with Gasteiger partial charge in [-0.3, -0.25) is 10.1 Å². The van der Waals surface area contributed by atoms with Crippen molar-refractivity contribution in [2.75, 3.05) is 0 Å². The minimum absolute atomic E-state index is 0.144. The van der Waals surface area contributed by atoms with Gasteiger partial charge in [-0.1, -0.05) is 78.3 Å².